The second kappa shape index (κ2) is 5.22. The highest BCUT2D eigenvalue weighted by atomic mass is 16.3. The average Bonchev–Trinajstić information content (AvgIpc) is 2.46. The number of phenols is 2. The summed E-state index contributed by atoms with van der Waals surface area (Å²) in [7, 11) is 0. The first kappa shape index (κ1) is 14.2. The summed E-state index contributed by atoms with van der Waals surface area (Å²) < 4.78 is 5.80. The lowest BCUT2D eigenvalue weighted by molar-refractivity contribution is 0.449. The van der Waals surface area contributed by atoms with Gasteiger partial charge in [0.2, 0.25) is 5.43 Å². The van der Waals surface area contributed by atoms with Crippen LogP contribution in [-0.2, 0) is 6.42 Å². The molecule has 0 aliphatic heterocycles. The molecule has 0 atom stereocenters. The molecule has 0 amide bonds. The van der Waals surface area contributed by atoms with Gasteiger partial charge >= 0.3 is 0 Å². The van der Waals surface area contributed by atoms with Gasteiger partial charge < -0.3 is 14.6 Å². The first-order valence-electron chi connectivity index (χ1n) is 7.01. The third kappa shape index (κ3) is 2.22. The van der Waals surface area contributed by atoms with Gasteiger partial charge in [-0.1, -0.05) is 23.8 Å². The van der Waals surface area contributed by atoms with E-state index in [0.717, 1.165) is 5.57 Å². The summed E-state index contributed by atoms with van der Waals surface area (Å²) in [6.07, 6.45) is 2.35. The second-order valence-electron chi connectivity index (χ2n) is 5.51. The number of allylic oxidation sites excluding steroid dienone is 2. The average molecular weight is 296 g/mol. The molecule has 3 aromatic rings. The highest BCUT2D eigenvalue weighted by Gasteiger charge is 2.17. The van der Waals surface area contributed by atoms with E-state index < -0.39 is 0 Å². The number of benzene rings is 2. The van der Waals surface area contributed by atoms with E-state index in [9.17, 15) is 15.0 Å². The number of hydrogen-bond acceptors (Lipinski definition) is 4. The van der Waals surface area contributed by atoms with Crippen LogP contribution in [0.3, 0.4) is 0 Å². The van der Waals surface area contributed by atoms with Crippen molar-refractivity contribution in [2.45, 2.75) is 20.3 Å². The molecule has 0 aliphatic rings. The van der Waals surface area contributed by atoms with Crippen LogP contribution in [0, 0.1) is 0 Å². The predicted octanol–water partition coefficient (Wildman–Crippen LogP) is 3.87. The lowest BCUT2D eigenvalue weighted by atomic mass is 10.0. The molecule has 4 nitrogen and oxygen atoms in total. The molecule has 2 N–H and O–H groups in total. The Hall–Kier alpha value is -2.75. The first-order chi connectivity index (χ1) is 10.5. The maximum absolute atomic E-state index is 12.6. The molecule has 1 aromatic heterocycles. The Balaban J connectivity index is 2.46. The Labute approximate surface area is 126 Å². The Kier molecular flexibility index (Phi) is 3.37. The van der Waals surface area contributed by atoms with Crippen LogP contribution in [0.5, 0.6) is 11.5 Å². The van der Waals surface area contributed by atoms with Crippen LogP contribution in [0.25, 0.3) is 21.9 Å². The van der Waals surface area contributed by atoms with E-state index >= 15 is 0 Å². The van der Waals surface area contributed by atoms with Crippen molar-refractivity contribution in [2.24, 2.45) is 0 Å². The molecular weight excluding hydrogens is 280 g/mol. The minimum Gasteiger partial charge on any atom is -0.507 e. The number of aromatic hydroxyl groups is 2. The van der Waals surface area contributed by atoms with Crippen LogP contribution in [0.1, 0.15) is 19.4 Å². The summed E-state index contributed by atoms with van der Waals surface area (Å²) in [6, 6.07) is 8.06. The quantitative estimate of drug-likeness (QED) is 0.556. The lowest BCUT2D eigenvalue weighted by Gasteiger charge is -2.09. The van der Waals surface area contributed by atoms with E-state index in [1.165, 1.54) is 6.07 Å². The zero-order chi connectivity index (χ0) is 15.9. The summed E-state index contributed by atoms with van der Waals surface area (Å²) in [6.45, 7) is 3.90. The fraction of sp³-hybridized carbons (Fsp3) is 0.167. The molecule has 0 radical (unpaired) electrons. The van der Waals surface area contributed by atoms with Gasteiger partial charge in [0.1, 0.15) is 28.1 Å². The number of rotatable bonds is 2. The van der Waals surface area contributed by atoms with E-state index in [1.807, 2.05) is 19.9 Å². The Morgan fingerprint density at radius 2 is 1.91 bits per heavy atom. The van der Waals surface area contributed by atoms with E-state index in [0.29, 0.717) is 23.0 Å². The molecule has 3 rings (SSSR count). The van der Waals surface area contributed by atoms with Crippen LogP contribution in [-0.4, -0.2) is 10.2 Å². The molecule has 2 aromatic carbocycles. The third-order valence-corrected chi connectivity index (χ3v) is 3.63. The highest BCUT2D eigenvalue weighted by Crippen LogP contribution is 2.35. The number of para-hydroxylation sites is 1. The van der Waals surface area contributed by atoms with Crippen molar-refractivity contribution >= 4 is 21.9 Å². The fourth-order valence-electron chi connectivity index (χ4n) is 2.50. The predicted molar refractivity (Wildman–Crippen MR) is 86.5 cm³/mol. The van der Waals surface area contributed by atoms with Crippen molar-refractivity contribution < 1.29 is 14.6 Å². The number of phenolic OH excluding ortho intramolecular Hbond substituents is 2. The molecule has 0 spiro atoms. The minimum absolute atomic E-state index is 0.0825. The van der Waals surface area contributed by atoms with E-state index in [2.05, 4.69) is 0 Å². The van der Waals surface area contributed by atoms with Gasteiger partial charge in [0, 0.05) is 11.6 Å². The van der Waals surface area contributed by atoms with Gasteiger partial charge in [-0.15, -0.1) is 0 Å². The van der Waals surface area contributed by atoms with Gasteiger partial charge in [0.05, 0.1) is 5.39 Å². The molecule has 0 saturated heterocycles. The van der Waals surface area contributed by atoms with E-state index in [-0.39, 0.29) is 27.9 Å². The molecule has 112 valence electrons. The van der Waals surface area contributed by atoms with Crippen LogP contribution in [0.4, 0.5) is 0 Å². The number of fused-ring (bicyclic) bond motifs is 2. The van der Waals surface area contributed by atoms with Crippen LogP contribution >= 0.6 is 0 Å². The number of hydrogen-bond donors (Lipinski definition) is 2. The van der Waals surface area contributed by atoms with E-state index in [4.69, 9.17) is 4.42 Å². The first-order valence-corrected chi connectivity index (χ1v) is 7.01. The van der Waals surface area contributed by atoms with Gasteiger partial charge in [-0.3, -0.25) is 4.79 Å². The molecule has 0 saturated carbocycles. The molecule has 0 fully saturated rings. The summed E-state index contributed by atoms with van der Waals surface area (Å²) in [5.41, 5.74) is 1.95. The van der Waals surface area contributed by atoms with Gasteiger partial charge in [-0.2, -0.15) is 0 Å². The van der Waals surface area contributed by atoms with Gasteiger partial charge in [0.15, 0.2) is 0 Å². The maximum Gasteiger partial charge on any atom is 0.204 e. The molecule has 4 heteroatoms. The van der Waals surface area contributed by atoms with Gasteiger partial charge in [0.25, 0.3) is 0 Å². The van der Waals surface area contributed by atoms with Crippen molar-refractivity contribution in [3.05, 3.63) is 57.8 Å². The Morgan fingerprint density at radius 1 is 1.18 bits per heavy atom. The molecule has 22 heavy (non-hydrogen) atoms. The van der Waals surface area contributed by atoms with Crippen molar-refractivity contribution in [3.8, 4) is 11.5 Å². The Morgan fingerprint density at radius 3 is 2.64 bits per heavy atom. The van der Waals surface area contributed by atoms with Crippen LogP contribution in [0.2, 0.25) is 0 Å². The molecule has 1 heterocycles. The van der Waals surface area contributed by atoms with Crippen LogP contribution < -0.4 is 5.43 Å². The minimum atomic E-state index is -0.298. The molecule has 0 unspecified atom stereocenters. The molecule has 0 bridgehead atoms. The largest absolute Gasteiger partial charge is 0.507 e. The highest BCUT2D eigenvalue weighted by molar-refractivity contribution is 5.95. The zero-order valence-electron chi connectivity index (χ0n) is 12.4. The van der Waals surface area contributed by atoms with Crippen LogP contribution in [0.15, 0.2) is 51.2 Å². The second-order valence-corrected chi connectivity index (χ2v) is 5.51. The maximum atomic E-state index is 12.6. The lowest BCUT2D eigenvalue weighted by Crippen LogP contribution is -2.04. The Bertz CT molecular complexity index is 960. The summed E-state index contributed by atoms with van der Waals surface area (Å²) in [5.74, 6) is -0.353. The SMILES string of the molecule is CC(C)=CCc1c(O)cc(O)c2c(=O)c3ccccc3oc12. The molecule has 0 aliphatic carbocycles. The van der Waals surface area contributed by atoms with Crippen molar-refractivity contribution in [1.29, 1.82) is 0 Å². The van der Waals surface area contributed by atoms with Crippen molar-refractivity contribution in [1.82, 2.24) is 0 Å². The van der Waals surface area contributed by atoms with E-state index in [1.54, 1.807) is 24.3 Å². The summed E-state index contributed by atoms with van der Waals surface area (Å²) >= 11 is 0. The fourth-order valence-corrected chi connectivity index (χ4v) is 2.50. The van der Waals surface area contributed by atoms with Gasteiger partial charge in [-0.25, -0.2) is 0 Å². The van der Waals surface area contributed by atoms with Crippen molar-refractivity contribution in [2.75, 3.05) is 0 Å². The zero-order valence-corrected chi connectivity index (χ0v) is 12.4. The summed E-state index contributed by atoms with van der Waals surface area (Å²) in [4.78, 5) is 12.6. The van der Waals surface area contributed by atoms with Gasteiger partial charge in [-0.05, 0) is 32.4 Å². The smallest absolute Gasteiger partial charge is 0.204 e. The van der Waals surface area contributed by atoms with Crippen molar-refractivity contribution in [3.63, 3.8) is 0 Å². The normalized spacial score (nSPS) is 11.0. The standard InChI is InChI=1S/C18H16O4/c1-10(2)7-8-11-13(19)9-14(20)16-17(21)12-5-3-4-6-15(12)22-18(11)16/h3-7,9,19-20H,8H2,1-2H3. The topological polar surface area (TPSA) is 70.7 Å². The summed E-state index contributed by atoms with van der Waals surface area (Å²) in [5, 5.41) is 20.7. The molecular formula is C18H16O4. The third-order valence-electron chi connectivity index (χ3n) is 3.63. The monoisotopic (exact) mass is 296 g/mol.